The number of carbonyl (C=O) groups excluding carboxylic acids is 2. The van der Waals surface area contributed by atoms with E-state index in [0.29, 0.717) is 5.95 Å². The Kier molecular flexibility index (Phi) is 5.51. The van der Waals surface area contributed by atoms with Crippen molar-refractivity contribution in [3.05, 3.63) is 60.2 Å². The predicted octanol–water partition coefficient (Wildman–Crippen LogP) is 2.73. The van der Waals surface area contributed by atoms with Gasteiger partial charge in [0.1, 0.15) is 11.8 Å². The molecular formula is C20H20N4O3. The molecule has 3 rings (SSSR count). The molecule has 0 aliphatic heterocycles. The van der Waals surface area contributed by atoms with Crippen molar-refractivity contribution < 1.29 is 14.3 Å². The smallest absolute Gasteiger partial charge is 0.248 e. The van der Waals surface area contributed by atoms with Gasteiger partial charge in [-0.2, -0.15) is 0 Å². The van der Waals surface area contributed by atoms with Crippen molar-refractivity contribution in [3.8, 4) is 5.75 Å². The number of amides is 2. The lowest BCUT2D eigenvalue weighted by molar-refractivity contribution is -0.123. The molecule has 0 spiro atoms. The van der Waals surface area contributed by atoms with Crippen molar-refractivity contribution in [3.63, 3.8) is 0 Å². The van der Waals surface area contributed by atoms with Crippen molar-refractivity contribution in [1.29, 1.82) is 0 Å². The molecule has 2 aromatic carbocycles. The van der Waals surface area contributed by atoms with Gasteiger partial charge in [0.25, 0.3) is 0 Å². The molecule has 1 unspecified atom stereocenters. The molecule has 7 heteroatoms. The normalized spacial score (nSPS) is 12.1. The number of fused-ring (bicyclic) bond motifs is 1. The molecule has 27 heavy (non-hydrogen) atoms. The van der Waals surface area contributed by atoms with Crippen molar-refractivity contribution in [2.75, 3.05) is 12.4 Å². The average molecular weight is 364 g/mol. The fraction of sp³-hybridized carbons (Fsp3) is 0.150. The summed E-state index contributed by atoms with van der Waals surface area (Å²) in [5.74, 6) is 0.363. The minimum Gasteiger partial charge on any atom is -0.497 e. The van der Waals surface area contributed by atoms with Crippen LogP contribution in [0.4, 0.5) is 5.95 Å². The Labute approximate surface area is 156 Å². The molecule has 138 valence electrons. The Bertz CT molecular complexity index is 943. The van der Waals surface area contributed by atoms with E-state index in [9.17, 15) is 9.59 Å². The first-order chi connectivity index (χ1) is 13.0. The molecule has 1 heterocycles. The number of nitrogens with one attached hydrogen (secondary N) is 3. The number of nitrogens with zero attached hydrogens (tertiary/aromatic N) is 1. The molecule has 0 saturated carbocycles. The molecule has 1 atom stereocenters. The van der Waals surface area contributed by atoms with Gasteiger partial charge in [-0.05, 0) is 42.8 Å². The number of methoxy groups -OCH3 is 1. The minimum atomic E-state index is -0.716. The highest BCUT2D eigenvalue weighted by Crippen LogP contribution is 2.14. The van der Waals surface area contributed by atoms with Crippen LogP contribution in [0.15, 0.2) is 54.6 Å². The van der Waals surface area contributed by atoms with Gasteiger partial charge in [-0.3, -0.25) is 14.9 Å². The second-order valence-corrected chi connectivity index (χ2v) is 5.93. The van der Waals surface area contributed by atoms with Crippen molar-refractivity contribution in [2.45, 2.75) is 13.0 Å². The highest BCUT2D eigenvalue weighted by Gasteiger charge is 2.16. The SMILES string of the molecule is COc1ccc(/C=C/C(=O)NC(C)C(=O)Nc2nc3ccccc3[nH]2)cc1. The van der Waals surface area contributed by atoms with Crippen LogP contribution in [0.5, 0.6) is 5.75 Å². The molecule has 0 aliphatic rings. The van der Waals surface area contributed by atoms with E-state index in [0.717, 1.165) is 22.3 Å². The summed E-state index contributed by atoms with van der Waals surface area (Å²) in [6.45, 7) is 1.61. The Morgan fingerprint density at radius 1 is 1.15 bits per heavy atom. The lowest BCUT2D eigenvalue weighted by atomic mass is 10.2. The van der Waals surface area contributed by atoms with Gasteiger partial charge < -0.3 is 15.0 Å². The zero-order valence-electron chi connectivity index (χ0n) is 15.0. The van der Waals surface area contributed by atoms with E-state index in [1.54, 1.807) is 32.2 Å². The second kappa shape index (κ2) is 8.18. The largest absolute Gasteiger partial charge is 0.497 e. The van der Waals surface area contributed by atoms with Crippen LogP contribution in [0.3, 0.4) is 0 Å². The third-order valence-corrected chi connectivity index (χ3v) is 3.93. The average Bonchev–Trinajstić information content (AvgIpc) is 3.09. The van der Waals surface area contributed by atoms with Crippen LogP contribution >= 0.6 is 0 Å². The molecule has 0 radical (unpaired) electrons. The zero-order valence-corrected chi connectivity index (χ0v) is 15.0. The monoisotopic (exact) mass is 364 g/mol. The molecule has 3 N–H and O–H groups in total. The first-order valence-corrected chi connectivity index (χ1v) is 8.43. The fourth-order valence-electron chi connectivity index (χ4n) is 2.45. The number of hydrogen-bond donors (Lipinski definition) is 3. The molecule has 7 nitrogen and oxygen atoms in total. The Balaban J connectivity index is 1.54. The molecular weight excluding hydrogens is 344 g/mol. The lowest BCUT2D eigenvalue weighted by Gasteiger charge is -2.11. The van der Waals surface area contributed by atoms with Crippen molar-refractivity contribution in [2.24, 2.45) is 0 Å². The summed E-state index contributed by atoms with van der Waals surface area (Å²) in [6, 6.07) is 14.0. The summed E-state index contributed by atoms with van der Waals surface area (Å²) in [5, 5.41) is 5.29. The van der Waals surface area contributed by atoms with Crippen LogP contribution in [0.25, 0.3) is 17.1 Å². The minimum absolute atomic E-state index is 0.344. The zero-order chi connectivity index (χ0) is 19.2. The summed E-state index contributed by atoms with van der Waals surface area (Å²) < 4.78 is 5.09. The van der Waals surface area contributed by atoms with Gasteiger partial charge >= 0.3 is 0 Å². The maximum Gasteiger partial charge on any atom is 0.248 e. The van der Waals surface area contributed by atoms with Crippen LogP contribution in [-0.4, -0.2) is 34.9 Å². The number of ether oxygens (including phenoxy) is 1. The topological polar surface area (TPSA) is 96.1 Å². The highest BCUT2D eigenvalue weighted by atomic mass is 16.5. The quantitative estimate of drug-likeness (QED) is 0.586. The Hall–Kier alpha value is -3.61. The van der Waals surface area contributed by atoms with Crippen LogP contribution in [0, 0.1) is 0 Å². The molecule has 0 fully saturated rings. The van der Waals surface area contributed by atoms with E-state index >= 15 is 0 Å². The van der Waals surface area contributed by atoms with E-state index in [1.165, 1.54) is 6.08 Å². The standard InChI is InChI=1S/C20H20N4O3/c1-13(19(26)24-20-22-16-5-3-4-6-17(16)23-20)21-18(25)12-9-14-7-10-15(27-2)11-8-14/h3-13H,1-2H3,(H,21,25)(H2,22,23,24,26)/b12-9+. The number of para-hydroxylation sites is 2. The number of hydrogen-bond acceptors (Lipinski definition) is 4. The van der Waals surface area contributed by atoms with Gasteiger partial charge in [0.2, 0.25) is 17.8 Å². The van der Waals surface area contributed by atoms with Crippen LogP contribution in [-0.2, 0) is 9.59 Å². The number of carbonyl (C=O) groups is 2. The van der Waals surface area contributed by atoms with Crippen molar-refractivity contribution >= 4 is 34.9 Å². The summed E-state index contributed by atoms with van der Waals surface area (Å²) in [4.78, 5) is 31.6. The van der Waals surface area contributed by atoms with Gasteiger partial charge in [-0.15, -0.1) is 0 Å². The second-order valence-electron chi connectivity index (χ2n) is 5.93. The third-order valence-electron chi connectivity index (χ3n) is 3.93. The van der Waals surface area contributed by atoms with E-state index in [4.69, 9.17) is 4.74 Å². The van der Waals surface area contributed by atoms with Gasteiger partial charge in [-0.1, -0.05) is 24.3 Å². The molecule has 0 aliphatic carbocycles. The van der Waals surface area contributed by atoms with E-state index < -0.39 is 6.04 Å². The van der Waals surface area contributed by atoms with Gasteiger partial charge in [0, 0.05) is 6.08 Å². The maximum atomic E-state index is 12.2. The maximum absolute atomic E-state index is 12.2. The Morgan fingerprint density at radius 3 is 2.59 bits per heavy atom. The van der Waals surface area contributed by atoms with E-state index in [2.05, 4.69) is 20.6 Å². The number of aromatic nitrogens is 2. The van der Waals surface area contributed by atoms with Gasteiger partial charge in [0.15, 0.2) is 0 Å². The van der Waals surface area contributed by atoms with E-state index in [-0.39, 0.29) is 11.8 Å². The van der Waals surface area contributed by atoms with Gasteiger partial charge in [-0.25, -0.2) is 4.98 Å². The third kappa shape index (κ3) is 4.72. The fourth-order valence-corrected chi connectivity index (χ4v) is 2.45. The number of rotatable bonds is 6. The summed E-state index contributed by atoms with van der Waals surface area (Å²) in [5.41, 5.74) is 2.43. The van der Waals surface area contributed by atoms with Crippen LogP contribution in [0.2, 0.25) is 0 Å². The number of benzene rings is 2. The Morgan fingerprint density at radius 2 is 1.89 bits per heavy atom. The van der Waals surface area contributed by atoms with Crippen LogP contribution in [0.1, 0.15) is 12.5 Å². The molecule has 0 saturated heterocycles. The summed E-state index contributed by atoms with van der Waals surface area (Å²) >= 11 is 0. The number of imidazole rings is 1. The molecule has 3 aromatic rings. The number of H-pyrrole nitrogens is 1. The highest BCUT2D eigenvalue weighted by molar-refractivity contribution is 5.99. The predicted molar refractivity (Wildman–Crippen MR) is 104 cm³/mol. The number of aromatic amines is 1. The summed E-state index contributed by atoms with van der Waals surface area (Å²) in [7, 11) is 1.59. The molecule has 0 bridgehead atoms. The first kappa shape index (κ1) is 18.2. The molecule has 1 aromatic heterocycles. The van der Waals surface area contributed by atoms with Gasteiger partial charge in [0.05, 0.1) is 18.1 Å². The van der Waals surface area contributed by atoms with Crippen LogP contribution < -0.4 is 15.4 Å². The molecule has 2 amide bonds. The number of anilines is 1. The lowest BCUT2D eigenvalue weighted by Crippen LogP contribution is -2.41. The first-order valence-electron chi connectivity index (χ1n) is 8.43. The summed E-state index contributed by atoms with van der Waals surface area (Å²) in [6.07, 6.45) is 3.05. The van der Waals surface area contributed by atoms with Crippen molar-refractivity contribution in [1.82, 2.24) is 15.3 Å². The van der Waals surface area contributed by atoms with E-state index in [1.807, 2.05) is 36.4 Å².